The van der Waals surface area contributed by atoms with Gasteiger partial charge in [0.15, 0.2) is 11.4 Å². The standard InChI is InChI=1S/C45H30Cl2F3N5O6/c46-26-12-10-24(11-13-26)44-32(41(58)55(43(44)60)53-38-33(47)19-25(21-51-38)45(48,49)50)20-31-29(37(44)23-4-3-5-28(56)18-23)16-17-30-36(31)42(59)54(40(30)57)27-14-8-22(9-15-27)39-52-34-6-1-2-7-35(34)61-39/h1-16,18-19,21,30-32,36-37,56H,17,20H2,(H,51,53)/t30-,31+,32-,36-,37-,44+/m0/s1. The third kappa shape index (κ3) is 5.94. The van der Waals surface area contributed by atoms with E-state index in [2.05, 4.69) is 15.4 Å². The van der Waals surface area contributed by atoms with Crippen LogP contribution in [0.25, 0.3) is 22.6 Å². The molecule has 10 rings (SSSR count). The predicted octanol–water partition coefficient (Wildman–Crippen LogP) is 9.11. The van der Waals surface area contributed by atoms with Crippen molar-refractivity contribution in [2.24, 2.45) is 23.7 Å². The maximum atomic E-state index is 15.3. The molecule has 0 unspecified atom stereocenters. The molecule has 2 saturated heterocycles. The largest absolute Gasteiger partial charge is 0.508 e. The van der Waals surface area contributed by atoms with Crippen molar-refractivity contribution in [2.45, 2.75) is 30.4 Å². The number of phenolic OH excluding ortho intramolecular Hbond substituents is 1. The number of hydrogen-bond acceptors (Lipinski definition) is 9. The predicted molar refractivity (Wildman–Crippen MR) is 217 cm³/mol. The zero-order chi connectivity index (χ0) is 42.5. The Balaban J connectivity index is 1.07. The molecule has 0 spiro atoms. The van der Waals surface area contributed by atoms with Gasteiger partial charge in [0.25, 0.3) is 11.8 Å². The highest BCUT2D eigenvalue weighted by molar-refractivity contribution is 6.33. The Morgan fingerprint density at radius 1 is 0.852 bits per heavy atom. The lowest BCUT2D eigenvalue weighted by Gasteiger charge is -2.50. The number of phenols is 1. The number of fused-ring (bicyclic) bond motifs is 5. The van der Waals surface area contributed by atoms with Gasteiger partial charge in [-0.15, -0.1) is 0 Å². The number of nitrogens with zero attached hydrogens (tertiary/aromatic N) is 4. The highest BCUT2D eigenvalue weighted by Gasteiger charge is 2.70. The molecule has 6 atom stereocenters. The first-order valence-electron chi connectivity index (χ1n) is 19.2. The van der Waals surface area contributed by atoms with E-state index < -0.39 is 75.4 Å². The summed E-state index contributed by atoms with van der Waals surface area (Å²) >= 11 is 12.6. The number of carbonyl (C=O) groups is 4. The Morgan fingerprint density at radius 2 is 1.61 bits per heavy atom. The Bertz CT molecular complexity index is 2830. The summed E-state index contributed by atoms with van der Waals surface area (Å²) in [7, 11) is 0. The molecule has 4 amide bonds. The summed E-state index contributed by atoms with van der Waals surface area (Å²) < 4.78 is 46.5. The molecule has 16 heteroatoms. The first-order chi connectivity index (χ1) is 29.2. The second kappa shape index (κ2) is 14.0. The number of rotatable bonds is 6. The first-order valence-corrected chi connectivity index (χ1v) is 20.0. The van der Waals surface area contributed by atoms with Crippen LogP contribution in [0, 0.1) is 23.7 Å². The summed E-state index contributed by atoms with van der Waals surface area (Å²) in [5.41, 5.74) is 3.46. The molecule has 61 heavy (non-hydrogen) atoms. The van der Waals surface area contributed by atoms with Crippen LogP contribution in [0.1, 0.15) is 35.4 Å². The van der Waals surface area contributed by atoms with Crippen LogP contribution >= 0.6 is 23.2 Å². The normalized spacial score (nSPS) is 24.8. The zero-order valence-corrected chi connectivity index (χ0v) is 32.9. The number of nitrogens with one attached hydrogen (secondary N) is 1. The molecule has 6 aromatic rings. The van der Waals surface area contributed by atoms with E-state index >= 15 is 4.79 Å². The lowest BCUT2D eigenvalue weighted by Crippen LogP contribution is -2.53. The van der Waals surface area contributed by atoms with Crippen molar-refractivity contribution < 1.29 is 41.9 Å². The molecule has 4 heterocycles. The van der Waals surface area contributed by atoms with Crippen LogP contribution in [0.5, 0.6) is 5.75 Å². The maximum Gasteiger partial charge on any atom is 0.417 e. The molecule has 2 aromatic heterocycles. The van der Waals surface area contributed by atoms with Crippen LogP contribution in [0.2, 0.25) is 10.0 Å². The van der Waals surface area contributed by atoms with Crippen molar-refractivity contribution >= 4 is 69.4 Å². The summed E-state index contributed by atoms with van der Waals surface area (Å²) in [6.07, 6.45) is -2.28. The summed E-state index contributed by atoms with van der Waals surface area (Å²) in [6, 6.07) is 27.4. The third-order valence-corrected chi connectivity index (χ3v) is 13.0. The van der Waals surface area contributed by atoms with E-state index in [1.54, 1.807) is 66.7 Å². The molecule has 0 bridgehead atoms. The SMILES string of the molecule is O=C1[C@@H]2C[C@@H]3C(=CC[C@@H]4C(=O)N(c5ccc(-c6nc7ccccc7o6)cc5)C(=O)[C@@H]43)[C@H](c3cccc(O)c3)[C@]2(c2ccc(Cl)cc2)C(=O)N1Nc1ncc(C(F)(F)F)cc1Cl. The van der Waals surface area contributed by atoms with Gasteiger partial charge < -0.3 is 9.52 Å². The number of anilines is 2. The van der Waals surface area contributed by atoms with E-state index in [1.807, 2.05) is 24.3 Å². The number of hydrazine groups is 1. The molecule has 0 radical (unpaired) electrons. The van der Waals surface area contributed by atoms with Crippen LogP contribution in [0.15, 0.2) is 125 Å². The van der Waals surface area contributed by atoms with Gasteiger partial charge in [0, 0.05) is 22.7 Å². The fraction of sp³-hybridized carbons (Fsp3) is 0.200. The van der Waals surface area contributed by atoms with Gasteiger partial charge in [-0.1, -0.05) is 71.2 Å². The zero-order valence-electron chi connectivity index (χ0n) is 31.4. The van der Waals surface area contributed by atoms with Crippen molar-refractivity contribution in [1.82, 2.24) is 15.0 Å². The number of aromatic hydroxyl groups is 1. The van der Waals surface area contributed by atoms with Crippen molar-refractivity contribution in [1.29, 1.82) is 0 Å². The Hall–Kier alpha value is -6.51. The van der Waals surface area contributed by atoms with Crippen LogP contribution < -0.4 is 10.3 Å². The molecule has 4 aliphatic rings. The van der Waals surface area contributed by atoms with Crippen LogP contribution in [0.4, 0.5) is 24.7 Å². The topological polar surface area (TPSA) is 146 Å². The Kier molecular flexibility index (Phi) is 8.90. The van der Waals surface area contributed by atoms with Crippen LogP contribution in [-0.2, 0) is 30.8 Å². The fourth-order valence-electron chi connectivity index (χ4n) is 9.87. The minimum absolute atomic E-state index is 0.0641. The van der Waals surface area contributed by atoms with Crippen molar-refractivity contribution in [3.8, 4) is 17.2 Å². The van der Waals surface area contributed by atoms with Crippen molar-refractivity contribution in [3.63, 3.8) is 0 Å². The molecule has 306 valence electrons. The summed E-state index contributed by atoms with van der Waals surface area (Å²) in [4.78, 5) is 68.8. The number of pyridine rings is 1. The number of carbonyl (C=O) groups excluding carboxylic acids is 4. The second-order valence-corrected chi connectivity index (χ2v) is 16.4. The van der Waals surface area contributed by atoms with Gasteiger partial charge in [0.1, 0.15) is 11.3 Å². The number of benzene rings is 4. The number of amides is 4. The molecule has 2 aliphatic heterocycles. The van der Waals surface area contributed by atoms with Gasteiger partial charge >= 0.3 is 6.18 Å². The van der Waals surface area contributed by atoms with E-state index in [9.17, 15) is 32.7 Å². The van der Waals surface area contributed by atoms with Crippen LogP contribution in [-0.4, -0.2) is 43.7 Å². The molecular formula is C45H30Cl2F3N5O6. The maximum absolute atomic E-state index is 15.3. The summed E-state index contributed by atoms with van der Waals surface area (Å²) in [5.74, 6) is -7.18. The molecule has 4 aromatic carbocycles. The van der Waals surface area contributed by atoms with Gasteiger partial charge in [-0.2, -0.15) is 18.2 Å². The third-order valence-electron chi connectivity index (χ3n) is 12.4. The molecule has 2 aliphatic carbocycles. The summed E-state index contributed by atoms with van der Waals surface area (Å²) in [6.45, 7) is 0. The van der Waals surface area contributed by atoms with Gasteiger partial charge in [-0.3, -0.25) is 29.5 Å². The highest BCUT2D eigenvalue weighted by Crippen LogP contribution is 2.64. The van der Waals surface area contributed by atoms with Gasteiger partial charge in [0.05, 0.1) is 39.4 Å². The molecule has 2 N–H and O–H groups in total. The van der Waals surface area contributed by atoms with E-state index in [4.69, 9.17) is 27.6 Å². The molecule has 1 saturated carbocycles. The molecule has 11 nitrogen and oxygen atoms in total. The van der Waals surface area contributed by atoms with E-state index in [0.717, 1.165) is 5.01 Å². The number of hydrogen-bond donors (Lipinski definition) is 2. The number of allylic oxidation sites excluding steroid dienone is 2. The monoisotopic (exact) mass is 863 g/mol. The first kappa shape index (κ1) is 38.7. The lowest BCUT2D eigenvalue weighted by atomic mass is 9.49. The smallest absolute Gasteiger partial charge is 0.417 e. The quantitative estimate of drug-likeness (QED) is 0.124. The van der Waals surface area contributed by atoms with Gasteiger partial charge in [0.2, 0.25) is 17.7 Å². The van der Waals surface area contributed by atoms with E-state index in [1.165, 1.54) is 17.0 Å². The lowest BCUT2D eigenvalue weighted by molar-refractivity contribution is -0.139. The minimum atomic E-state index is -4.76. The average molecular weight is 865 g/mol. The number of halogens is 5. The van der Waals surface area contributed by atoms with Crippen molar-refractivity contribution in [3.05, 3.63) is 148 Å². The Labute approximate surface area is 354 Å². The Morgan fingerprint density at radius 3 is 2.31 bits per heavy atom. The highest BCUT2D eigenvalue weighted by atomic mass is 35.5. The van der Waals surface area contributed by atoms with E-state index in [-0.39, 0.29) is 24.4 Å². The fourth-order valence-corrected chi connectivity index (χ4v) is 10.2. The van der Waals surface area contributed by atoms with Crippen molar-refractivity contribution in [2.75, 3.05) is 10.3 Å². The number of para-hydroxylation sites is 2. The number of oxazole rings is 1. The second-order valence-electron chi connectivity index (χ2n) is 15.6. The number of alkyl halides is 3. The molecule has 3 fully saturated rings. The van der Waals surface area contributed by atoms with Gasteiger partial charge in [-0.25, -0.2) is 9.97 Å². The van der Waals surface area contributed by atoms with E-state index in [0.29, 0.717) is 62.2 Å². The molecular weight excluding hydrogens is 834 g/mol. The average Bonchev–Trinajstić information content (AvgIpc) is 3.86. The minimum Gasteiger partial charge on any atom is -0.508 e. The number of aromatic nitrogens is 2. The summed E-state index contributed by atoms with van der Waals surface area (Å²) in [5, 5.41) is 11.4. The van der Waals surface area contributed by atoms with Gasteiger partial charge in [-0.05, 0) is 96.6 Å². The van der Waals surface area contributed by atoms with Crippen LogP contribution in [0.3, 0.4) is 0 Å². The number of imide groups is 2.